The first-order valence-electron chi connectivity index (χ1n) is 10.2. The van der Waals surface area contributed by atoms with Crippen LogP contribution in [0.4, 0.5) is 0 Å². The van der Waals surface area contributed by atoms with Crippen molar-refractivity contribution in [2.75, 3.05) is 0 Å². The second-order valence-electron chi connectivity index (χ2n) is 8.51. The highest BCUT2D eigenvalue weighted by molar-refractivity contribution is 5.29. The molecule has 0 N–H and O–H groups in total. The van der Waals surface area contributed by atoms with Crippen molar-refractivity contribution in [3.63, 3.8) is 0 Å². The van der Waals surface area contributed by atoms with Crippen LogP contribution < -0.4 is 0 Å². The van der Waals surface area contributed by atoms with Crippen LogP contribution in [0.15, 0.2) is 48.5 Å². The second kappa shape index (κ2) is 8.70. The molecule has 0 atom stereocenters. The van der Waals surface area contributed by atoms with E-state index in [9.17, 15) is 0 Å². The lowest BCUT2D eigenvalue weighted by Crippen LogP contribution is -2.10. The van der Waals surface area contributed by atoms with Gasteiger partial charge in [-0.05, 0) is 74.8 Å². The smallest absolute Gasteiger partial charge is 0.0162 e. The molecule has 0 heteroatoms. The lowest BCUT2D eigenvalue weighted by molar-refractivity contribution is 0.348. The van der Waals surface area contributed by atoms with E-state index in [4.69, 9.17) is 0 Å². The van der Waals surface area contributed by atoms with E-state index in [2.05, 4.69) is 69.3 Å². The molecule has 0 unspecified atom stereocenters. The van der Waals surface area contributed by atoms with Crippen LogP contribution >= 0.6 is 0 Å². The highest BCUT2D eigenvalue weighted by Crippen LogP contribution is 2.35. The van der Waals surface area contributed by atoms with Crippen molar-refractivity contribution in [1.29, 1.82) is 0 Å². The predicted octanol–water partition coefficient (Wildman–Crippen LogP) is 7.24. The highest BCUT2D eigenvalue weighted by atomic mass is 14.3. The van der Waals surface area contributed by atoms with E-state index < -0.39 is 0 Å². The molecule has 4 rings (SSSR count). The van der Waals surface area contributed by atoms with Gasteiger partial charge in [-0.3, -0.25) is 0 Å². The van der Waals surface area contributed by atoms with E-state index in [0.717, 1.165) is 17.8 Å². The van der Waals surface area contributed by atoms with E-state index >= 15 is 0 Å². The molecular formula is C25H34. The van der Waals surface area contributed by atoms with Gasteiger partial charge in [-0.15, -0.1) is 0 Å². The lowest BCUT2D eigenvalue weighted by Gasteiger charge is -2.26. The molecule has 0 aromatic heterocycles. The van der Waals surface area contributed by atoms with Crippen molar-refractivity contribution in [2.45, 2.75) is 71.6 Å². The third-order valence-corrected chi connectivity index (χ3v) is 5.79. The number of aryl methyl sites for hydroxylation is 2. The topological polar surface area (TPSA) is 0 Å². The van der Waals surface area contributed by atoms with Gasteiger partial charge in [0.15, 0.2) is 0 Å². The van der Waals surface area contributed by atoms with E-state index in [1.807, 2.05) is 0 Å². The van der Waals surface area contributed by atoms with Gasteiger partial charge in [-0.2, -0.15) is 0 Å². The molecule has 25 heavy (non-hydrogen) atoms. The maximum Gasteiger partial charge on any atom is -0.0162 e. The van der Waals surface area contributed by atoms with Gasteiger partial charge in [-0.25, -0.2) is 0 Å². The van der Waals surface area contributed by atoms with Gasteiger partial charge in [0.05, 0.1) is 0 Å². The Morgan fingerprint density at radius 2 is 1.36 bits per heavy atom. The molecule has 2 saturated carbocycles. The average Bonchev–Trinajstić information content (AvgIpc) is 3.40. The van der Waals surface area contributed by atoms with Gasteiger partial charge in [0.1, 0.15) is 0 Å². The van der Waals surface area contributed by atoms with Crippen molar-refractivity contribution in [1.82, 2.24) is 0 Å². The summed E-state index contributed by atoms with van der Waals surface area (Å²) in [7, 11) is 0. The molecular weight excluding hydrogens is 300 g/mol. The standard InChI is InChI=1S/C13H18.C12H16/c1-11-7-9-13(10-8-11)12-5-3-2-4-6-12;1-9-5-10(2)7-12(6-9)8-11-3-4-11/h2-6,11,13H,7-10H2,1H3;5-7,11H,3-4,8H2,1-2H3. The first kappa shape index (κ1) is 18.2. The van der Waals surface area contributed by atoms with Gasteiger partial charge < -0.3 is 0 Å². The summed E-state index contributed by atoms with van der Waals surface area (Å²) < 4.78 is 0. The molecule has 0 aliphatic heterocycles. The molecule has 0 amide bonds. The van der Waals surface area contributed by atoms with Crippen molar-refractivity contribution < 1.29 is 0 Å². The van der Waals surface area contributed by atoms with E-state index in [0.29, 0.717) is 0 Å². The minimum Gasteiger partial charge on any atom is -0.0625 e. The maximum absolute atomic E-state index is 2.38. The van der Waals surface area contributed by atoms with Crippen LogP contribution in [0.1, 0.15) is 73.6 Å². The average molecular weight is 335 g/mol. The molecule has 0 spiro atoms. The Hall–Kier alpha value is -1.56. The van der Waals surface area contributed by atoms with Crippen molar-refractivity contribution in [2.24, 2.45) is 11.8 Å². The van der Waals surface area contributed by atoms with E-state index in [-0.39, 0.29) is 0 Å². The number of rotatable bonds is 3. The summed E-state index contributed by atoms with van der Waals surface area (Å²) in [6.45, 7) is 6.74. The lowest BCUT2D eigenvalue weighted by atomic mass is 9.79. The molecule has 0 radical (unpaired) electrons. The van der Waals surface area contributed by atoms with Crippen molar-refractivity contribution in [3.8, 4) is 0 Å². The van der Waals surface area contributed by atoms with Crippen LogP contribution in [-0.2, 0) is 6.42 Å². The normalized spacial score (nSPS) is 22.8. The zero-order chi connectivity index (χ0) is 17.6. The Labute approximate surface area is 154 Å². The van der Waals surface area contributed by atoms with Crippen molar-refractivity contribution in [3.05, 3.63) is 70.8 Å². The van der Waals surface area contributed by atoms with Gasteiger partial charge in [0, 0.05) is 0 Å². The van der Waals surface area contributed by atoms with E-state index in [1.165, 1.54) is 61.6 Å². The van der Waals surface area contributed by atoms with Crippen LogP contribution in [0, 0.1) is 25.7 Å². The largest absolute Gasteiger partial charge is 0.0625 e. The highest BCUT2D eigenvalue weighted by Gasteiger charge is 2.21. The van der Waals surface area contributed by atoms with Crippen molar-refractivity contribution >= 4 is 0 Å². The van der Waals surface area contributed by atoms with Gasteiger partial charge in [0.2, 0.25) is 0 Å². The van der Waals surface area contributed by atoms with Crippen LogP contribution in [0.5, 0.6) is 0 Å². The summed E-state index contributed by atoms with van der Waals surface area (Å²) in [6.07, 6.45) is 9.83. The molecule has 2 fully saturated rings. The number of benzene rings is 2. The van der Waals surface area contributed by atoms with Gasteiger partial charge in [0.25, 0.3) is 0 Å². The molecule has 134 valence electrons. The molecule has 2 aromatic carbocycles. The summed E-state index contributed by atoms with van der Waals surface area (Å²) in [6, 6.07) is 17.9. The summed E-state index contributed by atoms with van der Waals surface area (Å²) >= 11 is 0. The molecule has 0 bridgehead atoms. The minimum atomic E-state index is 0.845. The first-order valence-corrected chi connectivity index (χ1v) is 10.2. The van der Waals surface area contributed by atoms with Crippen LogP contribution in [0.25, 0.3) is 0 Å². The van der Waals surface area contributed by atoms with Gasteiger partial charge in [-0.1, -0.05) is 79.4 Å². The summed E-state index contributed by atoms with van der Waals surface area (Å²) in [5.41, 5.74) is 5.90. The maximum atomic E-state index is 2.38. The van der Waals surface area contributed by atoms with Crippen LogP contribution in [-0.4, -0.2) is 0 Å². The summed E-state index contributed by atoms with van der Waals surface area (Å²) in [5.74, 6) is 2.81. The predicted molar refractivity (Wildman–Crippen MR) is 109 cm³/mol. The Morgan fingerprint density at radius 1 is 0.760 bits per heavy atom. The molecule has 2 aliphatic rings. The molecule has 0 saturated heterocycles. The third-order valence-electron chi connectivity index (χ3n) is 5.79. The second-order valence-corrected chi connectivity index (χ2v) is 8.51. The molecule has 0 nitrogen and oxygen atoms in total. The first-order chi connectivity index (χ1) is 12.1. The Kier molecular flexibility index (Phi) is 6.34. The number of hydrogen-bond acceptors (Lipinski definition) is 0. The van der Waals surface area contributed by atoms with E-state index in [1.54, 1.807) is 5.56 Å². The zero-order valence-electron chi connectivity index (χ0n) is 16.3. The third kappa shape index (κ3) is 6.03. The quantitative estimate of drug-likeness (QED) is 0.555. The molecule has 0 heterocycles. The molecule has 2 aliphatic carbocycles. The van der Waals surface area contributed by atoms with Gasteiger partial charge >= 0.3 is 0 Å². The number of hydrogen-bond donors (Lipinski definition) is 0. The summed E-state index contributed by atoms with van der Waals surface area (Å²) in [4.78, 5) is 0. The Bertz CT molecular complexity index is 623. The Balaban J connectivity index is 0.000000146. The van der Waals surface area contributed by atoms with Crippen LogP contribution in [0.3, 0.4) is 0 Å². The fourth-order valence-corrected chi connectivity index (χ4v) is 4.16. The van der Waals surface area contributed by atoms with Crippen LogP contribution in [0.2, 0.25) is 0 Å². The Morgan fingerprint density at radius 3 is 1.92 bits per heavy atom. The summed E-state index contributed by atoms with van der Waals surface area (Å²) in [5, 5.41) is 0. The fraction of sp³-hybridized carbons (Fsp3) is 0.520. The SMILES string of the molecule is CC1CCC(c2ccccc2)CC1.Cc1cc(C)cc(CC2CC2)c1. The zero-order valence-corrected chi connectivity index (χ0v) is 16.3. The minimum absolute atomic E-state index is 0.845. The fourth-order valence-electron chi connectivity index (χ4n) is 4.16. The monoisotopic (exact) mass is 334 g/mol. The molecule has 2 aromatic rings.